The number of carbonyl (C=O) groups is 1. The van der Waals surface area contributed by atoms with Crippen molar-refractivity contribution in [3.05, 3.63) is 28.8 Å². The minimum absolute atomic E-state index is 0.156. The van der Waals surface area contributed by atoms with Gasteiger partial charge in [0.25, 0.3) is 0 Å². The molecule has 3 nitrogen and oxygen atoms in total. The van der Waals surface area contributed by atoms with E-state index in [4.69, 9.17) is 4.74 Å². The first kappa shape index (κ1) is 13.7. The highest BCUT2D eigenvalue weighted by Crippen LogP contribution is 2.26. The van der Waals surface area contributed by atoms with Gasteiger partial charge in [0, 0.05) is 6.42 Å². The first-order chi connectivity index (χ1) is 8.10. The van der Waals surface area contributed by atoms with Crippen molar-refractivity contribution in [2.75, 3.05) is 20.7 Å². The van der Waals surface area contributed by atoms with Crippen molar-refractivity contribution in [2.24, 2.45) is 0 Å². The molecule has 3 heteroatoms. The minimum Gasteiger partial charge on any atom is -0.496 e. The lowest BCUT2D eigenvalue weighted by molar-refractivity contribution is 0.0977. The number of aryl methyl sites for hydroxylation is 2. The fourth-order valence-corrected chi connectivity index (χ4v) is 1.99. The average Bonchev–Trinajstić information content (AvgIpc) is 2.28. The molecule has 17 heavy (non-hydrogen) atoms. The Morgan fingerprint density at radius 1 is 1.35 bits per heavy atom. The van der Waals surface area contributed by atoms with Crippen LogP contribution in [-0.4, -0.2) is 26.5 Å². The summed E-state index contributed by atoms with van der Waals surface area (Å²) < 4.78 is 5.32. The molecule has 0 saturated carbocycles. The predicted molar refractivity (Wildman–Crippen MR) is 70.0 cm³/mol. The van der Waals surface area contributed by atoms with Crippen LogP contribution in [0.2, 0.25) is 0 Å². The van der Waals surface area contributed by atoms with Crippen molar-refractivity contribution >= 4 is 5.78 Å². The van der Waals surface area contributed by atoms with E-state index >= 15 is 0 Å². The number of Topliss-reactive ketones (excluding diaryl/α,β-unsaturated/α-hetero) is 1. The van der Waals surface area contributed by atoms with Crippen molar-refractivity contribution in [1.82, 2.24) is 5.32 Å². The predicted octanol–water partition coefficient (Wildman–Crippen LogP) is 2.49. The molecular formula is C14H21NO2. The summed E-state index contributed by atoms with van der Waals surface area (Å²) in [6, 6.07) is 3.94. The summed E-state index contributed by atoms with van der Waals surface area (Å²) in [4.78, 5) is 12.1. The smallest absolute Gasteiger partial charge is 0.166 e. The summed E-state index contributed by atoms with van der Waals surface area (Å²) >= 11 is 0. The maximum atomic E-state index is 12.1. The summed E-state index contributed by atoms with van der Waals surface area (Å²) in [5.74, 6) is 0.869. The number of methoxy groups -OCH3 is 1. The van der Waals surface area contributed by atoms with Gasteiger partial charge in [0.15, 0.2) is 5.78 Å². The molecule has 0 bridgehead atoms. The Hall–Kier alpha value is -1.35. The standard InChI is InChI=1S/C14H21NO2/c1-10-8-11(2)14(17-4)12(9-10)13(16)6-5-7-15-3/h8-9,15H,5-7H2,1-4H3. The molecule has 0 aliphatic carbocycles. The zero-order chi connectivity index (χ0) is 12.8. The summed E-state index contributed by atoms with van der Waals surface area (Å²) in [5, 5.41) is 3.04. The first-order valence-electron chi connectivity index (χ1n) is 5.93. The number of ether oxygens (including phenoxy) is 1. The lowest BCUT2D eigenvalue weighted by Gasteiger charge is -2.12. The molecule has 1 aromatic carbocycles. The topological polar surface area (TPSA) is 38.3 Å². The number of rotatable bonds is 6. The zero-order valence-corrected chi connectivity index (χ0v) is 11.1. The van der Waals surface area contributed by atoms with Gasteiger partial charge in [-0.1, -0.05) is 6.07 Å². The van der Waals surface area contributed by atoms with Crippen molar-refractivity contribution < 1.29 is 9.53 Å². The molecule has 1 aromatic rings. The van der Waals surface area contributed by atoms with Crippen molar-refractivity contribution in [1.29, 1.82) is 0 Å². The van der Waals surface area contributed by atoms with E-state index in [1.165, 1.54) is 0 Å². The molecule has 0 unspecified atom stereocenters. The quantitative estimate of drug-likeness (QED) is 0.608. The number of carbonyl (C=O) groups excluding carboxylic acids is 1. The van der Waals surface area contributed by atoms with Crippen LogP contribution < -0.4 is 10.1 Å². The van der Waals surface area contributed by atoms with E-state index in [0.717, 1.165) is 24.1 Å². The van der Waals surface area contributed by atoms with Gasteiger partial charge in [-0.2, -0.15) is 0 Å². The normalized spacial score (nSPS) is 10.4. The van der Waals surface area contributed by atoms with Gasteiger partial charge in [-0.05, 0) is 51.1 Å². The SMILES string of the molecule is CNCCCC(=O)c1cc(C)cc(C)c1OC. The summed E-state index contributed by atoms with van der Waals surface area (Å²) in [6.45, 7) is 4.83. The average molecular weight is 235 g/mol. The molecular weight excluding hydrogens is 214 g/mol. The van der Waals surface area contributed by atoms with Crippen molar-refractivity contribution in [3.8, 4) is 5.75 Å². The molecule has 94 valence electrons. The molecule has 0 spiro atoms. The Morgan fingerprint density at radius 2 is 2.06 bits per heavy atom. The first-order valence-corrected chi connectivity index (χ1v) is 5.93. The molecule has 0 aromatic heterocycles. The number of ketones is 1. The van der Waals surface area contributed by atoms with E-state index in [2.05, 4.69) is 5.32 Å². The second-order valence-electron chi connectivity index (χ2n) is 4.29. The van der Waals surface area contributed by atoms with Crippen LogP contribution >= 0.6 is 0 Å². The number of benzene rings is 1. The molecule has 0 fully saturated rings. The van der Waals surface area contributed by atoms with Crippen LogP contribution in [0.25, 0.3) is 0 Å². The summed E-state index contributed by atoms with van der Waals surface area (Å²) in [5.41, 5.74) is 2.82. The van der Waals surface area contributed by atoms with Crippen molar-refractivity contribution in [3.63, 3.8) is 0 Å². The fourth-order valence-electron chi connectivity index (χ4n) is 1.99. The van der Waals surface area contributed by atoms with Gasteiger partial charge in [0.05, 0.1) is 12.7 Å². The molecule has 1 N–H and O–H groups in total. The second kappa shape index (κ2) is 6.40. The van der Waals surface area contributed by atoms with Crippen molar-refractivity contribution in [2.45, 2.75) is 26.7 Å². The third kappa shape index (κ3) is 3.56. The zero-order valence-electron chi connectivity index (χ0n) is 11.1. The third-order valence-corrected chi connectivity index (χ3v) is 2.75. The summed E-state index contributed by atoms with van der Waals surface area (Å²) in [6.07, 6.45) is 1.41. The van der Waals surface area contributed by atoms with Gasteiger partial charge in [0.1, 0.15) is 5.75 Å². The summed E-state index contributed by atoms with van der Waals surface area (Å²) in [7, 11) is 3.50. The molecule has 0 heterocycles. The molecule has 0 saturated heterocycles. The van der Waals surface area contributed by atoms with E-state index in [9.17, 15) is 4.79 Å². The van der Waals surface area contributed by atoms with Gasteiger partial charge in [-0.15, -0.1) is 0 Å². The highest BCUT2D eigenvalue weighted by atomic mass is 16.5. The Bertz CT molecular complexity index is 399. The van der Waals surface area contributed by atoms with Crippen LogP contribution in [0.15, 0.2) is 12.1 Å². The highest BCUT2D eigenvalue weighted by molar-refractivity contribution is 5.99. The molecule has 0 radical (unpaired) electrons. The maximum absolute atomic E-state index is 12.1. The van der Waals surface area contributed by atoms with Crippen LogP contribution in [0.3, 0.4) is 0 Å². The van der Waals surface area contributed by atoms with Crippen LogP contribution in [0.5, 0.6) is 5.75 Å². The Balaban J connectivity index is 2.91. The van der Waals surface area contributed by atoms with Gasteiger partial charge < -0.3 is 10.1 Å². The lowest BCUT2D eigenvalue weighted by atomic mass is 10.00. The minimum atomic E-state index is 0.156. The number of nitrogens with one attached hydrogen (secondary N) is 1. The number of hydrogen-bond acceptors (Lipinski definition) is 3. The molecule has 0 aliphatic rings. The van der Waals surface area contributed by atoms with E-state index in [-0.39, 0.29) is 5.78 Å². The third-order valence-electron chi connectivity index (χ3n) is 2.75. The Morgan fingerprint density at radius 3 is 2.65 bits per heavy atom. The van der Waals surface area contributed by atoms with E-state index in [1.807, 2.05) is 33.0 Å². The van der Waals surface area contributed by atoms with Gasteiger partial charge in [0.2, 0.25) is 0 Å². The maximum Gasteiger partial charge on any atom is 0.166 e. The Labute approximate surface area is 103 Å². The second-order valence-corrected chi connectivity index (χ2v) is 4.29. The van der Waals surface area contributed by atoms with E-state index in [0.29, 0.717) is 17.7 Å². The largest absolute Gasteiger partial charge is 0.496 e. The van der Waals surface area contributed by atoms with Crippen LogP contribution in [-0.2, 0) is 0 Å². The monoisotopic (exact) mass is 235 g/mol. The highest BCUT2D eigenvalue weighted by Gasteiger charge is 2.14. The molecule has 0 amide bonds. The van der Waals surface area contributed by atoms with E-state index < -0.39 is 0 Å². The fraction of sp³-hybridized carbons (Fsp3) is 0.500. The van der Waals surface area contributed by atoms with Crippen LogP contribution in [0.1, 0.15) is 34.3 Å². The molecule has 0 aliphatic heterocycles. The van der Waals surface area contributed by atoms with E-state index in [1.54, 1.807) is 7.11 Å². The van der Waals surface area contributed by atoms with Gasteiger partial charge >= 0.3 is 0 Å². The van der Waals surface area contributed by atoms with Crippen LogP contribution in [0, 0.1) is 13.8 Å². The molecule has 1 rings (SSSR count). The van der Waals surface area contributed by atoms with Crippen LogP contribution in [0.4, 0.5) is 0 Å². The lowest BCUT2D eigenvalue weighted by Crippen LogP contribution is -2.11. The molecule has 0 atom stereocenters. The van der Waals surface area contributed by atoms with Gasteiger partial charge in [-0.3, -0.25) is 4.79 Å². The van der Waals surface area contributed by atoms with Gasteiger partial charge in [-0.25, -0.2) is 0 Å². The number of hydrogen-bond donors (Lipinski definition) is 1. The Kier molecular flexibility index (Phi) is 5.16.